The number of aliphatic hydroxyl groups is 5. The second kappa shape index (κ2) is 7.30. The molecule has 0 aromatic carbocycles. The Balaban J connectivity index is 4.43. The standard InChI is InChI=1S/C9H16O8/c10-3-7(14)8(15)5(12)1-4(11)2-6(13)9(16)17/h4-5,7-8,10-12,14-15H,1-3H2,(H,16,17)/t4-,5+,7+,8-/m0/s1/i2D/t2-,4+,5-,7-,8+/m1. The van der Waals surface area contributed by atoms with Crippen molar-refractivity contribution in [2.45, 2.75) is 37.2 Å². The maximum atomic E-state index is 10.8. The number of hydrogen-bond donors (Lipinski definition) is 6. The highest BCUT2D eigenvalue weighted by Gasteiger charge is 2.27. The van der Waals surface area contributed by atoms with Crippen LogP contribution in [-0.2, 0) is 9.59 Å². The number of rotatable bonds is 8. The molecule has 0 aromatic heterocycles. The van der Waals surface area contributed by atoms with Crippen LogP contribution in [0, 0.1) is 0 Å². The molecule has 0 amide bonds. The molecule has 100 valence electrons. The lowest BCUT2D eigenvalue weighted by molar-refractivity contribution is -0.150. The minimum atomic E-state index is -2.00. The summed E-state index contributed by atoms with van der Waals surface area (Å²) in [5, 5.41) is 53.7. The fraction of sp³-hybridized carbons (Fsp3) is 0.778. The summed E-state index contributed by atoms with van der Waals surface area (Å²) >= 11 is 0. The fourth-order valence-corrected chi connectivity index (χ4v) is 1.07. The van der Waals surface area contributed by atoms with E-state index in [-0.39, 0.29) is 0 Å². The Hall–Kier alpha value is -1.06. The predicted octanol–water partition coefficient (Wildman–Crippen LogP) is -3.14. The van der Waals surface area contributed by atoms with Gasteiger partial charge in [0.25, 0.3) is 0 Å². The van der Waals surface area contributed by atoms with E-state index >= 15 is 0 Å². The molecule has 5 atom stereocenters. The summed E-state index contributed by atoms with van der Waals surface area (Å²) in [5.74, 6) is -3.44. The normalized spacial score (nSPS) is 20.9. The van der Waals surface area contributed by atoms with Crippen LogP contribution >= 0.6 is 0 Å². The Kier molecular flexibility index (Phi) is 6.01. The van der Waals surface area contributed by atoms with Crippen LogP contribution in [0.15, 0.2) is 0 Å². The van der Waals surface area contributed by atoms with E-state index in [0.717, 1.165) is 0 Å². The summed E-state index contributed by atoms with van der Waals surface area (Å²) in [6.45, 7) is -0.827. The summed E-state index contributed by atoms with van der Waals surface area (Å²) in [6, 6.07) is 0. The van der Waals surface area contributed by atoms with Crippen molar-refractivity contribution in [3.05, 3.63) is 0 Å². The van der Waals surface area contributed by atoms with Gasteiger partial charge in [0.15, 0.2) is 0 Å². The zero-order valence-electron chi connectivity index (χ0n) is 9.80. The van der Waals surface area contributed by atoms with Gasteiger partial charge in [-0.1, -0.05) is 0 Å². The van der Waals surface area contributed by atoms with Gasteiger partial charge in [-0.3, -0.25) is 4.79 Å². The van der Waals surface area contributed by atoms with Crippen LogP contribution in [0.5, 0.6) is 0 Å². The van der Waals surface area contributed by atoms with Gasteiger partial charge in [0.05, 0.1) is 18.8 Å². The molecule has 0 saturated heterocycles. The Morgan fingerprint density at radius 1 is 1.12 bits per heavy atom. The van der Waals surface area contributed by atoms with Gasteiger partial charge in [0.1, 0.15) is 12.2 Å². The maximum Gasteiger partial charge on any atom is 0.372 e. The number of carboxylic acids is 1. The summed E-state index contributed by atoms with van der Waals surface area (Å²) in [4.78, 5) is 21.1. The Bertz CT molecular complexity index is 296. The molecular formula is C9H16O8. The van der Waals surface area contributed by atoms with Gasteiger partial charge in [-0.05, 0) is 0 Å². The fourth-order valence-electron chi connectivity index (χ4n) is 1.07. The van der Waals surface area contributed by atoms with Crippen molar-refractivity contribution >= 4 is 11.8 Å². The lowest BCUT2D eigenvalue weighted by Gasteiger charge is -2.23. The SMILES string of the molecule is [2H][C@@H](C(=O)C(=O)O)[C@@H](O)C[C@@H](O)[C@H](O)[C@H](O)CO. The molecule has 6 N–H and O–H groups in total. The first-order valence-corrected chi connectivity index (χ1v) is 4.74. The van der Waals surface area contributed by atoms with E-state index in [9.17, 15) is 24.9 Å². The van der Waals surface area contributed by atoms with Gasteiger partial charge < -0.3 is 30.6 Å². The monoisotopic (exact) mass is 253 g/mol. The highest BCUT2D eigenvalue weighted by molar-refractivity contribution is 6.32. The molecule has 0 fully saturated rings. The molecular weight excluding hydrogens is 236 g/mol. The molecule has 0 unspecified atom stereocenters. The van der Waals surface area contributed by atoms with Gasteiger partial charge in [0, 0.05) is 14.2 Å². The van der Waals surface area contributed by atoms with Gasteiger partial charge >= 0.3 is 5.97 Å². The number of aliphatic hydroxyl groups excluding tert-OH is 5. The number of ketones is 1. The number of hydrogen-bond acceptors (Lipinski definition) is 7. The summed E-state index contributed by atoms with van der Waals surface area (Å²) in [5.41, 5.74) is 0. The van der Waals surface area contributed by atoms with E-state index < -0.39 is 55.6 Å². The largest absolute Gasteiger partial charge is 0.475 e. The van der Waals surface area contributed by atoms with E-state index in [1.807, 2.05) is 0 Å². The topological polar surface area (TPSA) is 156 Å². The van der Waals surface area contributed by atoms with Crippen LogP contribution in [0.3, 0.4) is 0 Å². The van der Waals surface area contributed by atoms with E-state index in [1.165, 1.54) is 0 Å². The van der Waals surface area contributed by atoms with Crippen LogP contribution in [0.4, 0.5) is 0 Å². The molecule has 0 aliphatic carbocycles. The molecule has 0 spiro atoms. The third kappa shape index (κ3) is 5.71. The Morgan fingerprint density at radius 3 is 2.06 bits per heavy atom. The van der Waals surface area contributed by atoms with Crippen molar-refractivity contribution in [3.63, 3.8) is 0 Å². The molecule has 0 rings (SSSR count). The minimum Gasteiger partial charge on any atom is -0.475 e. The quantitative estimate of drug-likeness (QED) is 0.248. The first-order chi connectivity index (χ1) is 8.22. The molecule has 0 bridgehead atoms. The van der Waals surface area contributed by atoms with Crippen molar-refractivity contribution in [3.8, 4) is 0 Å². The van der Waals surface area contributed by atoms with Crippen molar-refractivity contribution < 1.29 is 41.6 Å². The van der Waals surface area contributed by atoms with Crippen LogP contribution < -0.4 is 0 Å². The lowest BCUT2D eigenvalue weighted by atomic mass is 10.00. The van der Waals surface area contributed by atoms with Crippen molar-refractivity contribution in [2.24, 2.45) is 0 Å². The molecule has 0 saturated carbocycles. The predicted molar refractivity (Wildman–Crippen MR) is 53.0 cm³/mol. The molecule has 0 heterocycles. The van der Waals surface area contributed by atoms with Crippen LogP contribution in [-0.4, -0.2) is 73.4 Å². The highest BCUT2D eigenvalue weighted by Crippen LogP contribution is 2.09. The highest BCUT2D eigenvalue weighted by atomic mass is 16.4. The average Bonchev–Trinajstić information content (AvgIpc) is 2.34. The minimum absolute atomic E-state index is 0.689. The van der Waals surface area contributed by atoms with Crippen LogP contribution in [0.25, 0.3) is 0 Å². The summed E-state index contributed by atoms with van der Waals surface area (Å²) in [6.07, 6.45) is -9.65. The second-order valence-electron chi connectivity index (χ2n) is 3.45. The first kappa shape index (κ1) is 14.0. The van der Waals surface area contributed by atoms with Gasteiger partial charge in [-0.25, -0.2) is 4.79 Å². The Labute approximate surface area is 98.2 Å². The molecule has 0 aliphatic heterocycles. The molecule has 0 aromatic rings. The third-order valence-electron chi connectivity index (χ3n) is 2.01. The number of carbonyl (C=O) groups excluding carboxylic acids is 1. The van der Waals surface area contributed by atoms with E-state index in [4.69, 9.17) is 16.7 Å². The number of Topliss-reactive ketones (excluding diaryl/α,β-unsaturated/α-hetero) is 1. The number of carbonyl (C=O) groups is 2. The molecule has 0 radical (unpaired) electrons. The second-order valence-corrected chi connectivity index (χ2v) is 3.45. The number of aliphatic carboxylic acids is 1. The smallest absolute Gasteiger partial charge is 0.372 e. The first-order valence-electron chi connectivity index (χ1n) is 5.32. The zero-order valence-corrected chi connectivity index (χ0v) is 8.80. The summed E-state index contributed by atoms with van der Waals surface area (Å²) < 4.78 is 7.12. The van der Waals surface area contributed by atoms with Crippen molar-refractivity contribution in [1.82, 2.24) is 0 Å². The van der Waals surface area contributed by atoms with E-state index in [2.05, 4.69) is 0 Å². The average molecular weight is 253 g/mol. The van der Waals surface area contributed by atoms with E-state index in [0.29, 0.717) is 0 Å². The van der Waals surface area contributed by atoms with E-state index in [1.54, 1.807) is 0 Å². The number of carboxylic acid groups (broad SMARTS) is 1. The van der Waals surface area contributed by atoms with Crippen molar-refractivity contribution in [1.29, 1.82) is 0 Å². The third-order valence-corrected chi connectivity index (χ3v) is 2.01. The van der Waals surface area contributed by atoms with Crippen LogP contribution in [0.1, 0.15) is 14.2 Å². The van der Waals surface area contributed by atoms with Gasteiger partial charge in [-0.2, -0.15) is 0 Å². The molecule has 8 nitrogen and oxygen atoms in total. The van der Waals surface area contributed by atoms with Gasteiger partial charge in [0.2, 0.25) is 5.78 Å². The Morgan fingerprint density at radius 2 is 1.65 bits per heavy atom. The zero-order chi connectivity index (χ0) is 14.5. The maximum absolute atomic E-state index is 10.8. The lowest BCUT2D eigenvalue weighted by Crippen LogP contribution is -2.41. The molecule has 8 heteroatoms. The summed E-state index contributed by atoms with van der Waals surface area (Å²) in [7, 11) is 0. The molecule has 17 heavy (non-hydrogen) atoms. The van der Waals surface area contributed by atoms with Crippen LogP contribution in [0.2, 0.25) is 0 Å². The van der Waals surface area contributed by atoms with Gasteiger partial charge in [-0.15, -0.1) is 0 Å². The van der Waals surface area contributed by atoms with Crippen molar-refractivity contribution in [2.75, 3.05) is 6.61 Å². The molecule has 0 aliphatic rings.